The summed E-state index contributed by atoms with van der Waals surface area (Å²) < 4.78 is 11.5. The summed E-state index contributed by atoms with van der Waals surface area (Å²) in [6.07, 6.45) is 0.808. The van der Waals surface area contributed by atoms with Crippen LogP contribution in [0, 0.1) is 6.92 Å². The van der Waals surface area contributed by atoms with Crippen molar-refractivity contribution in [2.45, 2.75) is 38.8 Å². The van der Waals surface area contributed by atoms with Gasteiger partial charge in [-0.3, -0.25) is 0 Å². The number of methoxy groups -OCH3 is 1. The molecule has 2 aromatic rings. The van der Waals surface area contributed by atoms with Gasteiger partial charge in [0, 0.05) is 17.7 Å². The van der Waals surface area contributed by atoms with Crippen LogP contribution in [0.3, 0.4) is 0 Å². The smallest absolute Gasteiger partial charge is 0.171 e. The van der Waals surface area contributed by atoms with E-state index in [0.29, 0.717) is 5.11 Å². The van der Waals surface area contributed by atoms with E-state index in [1.807, 2.05) is 30.3 Å². The summed E-state index contributed by atoms with van der Waals surface area (Å²) in [5.41, 5.74) is 2.99. The summed E-state index contributed by atoms with van der Waals surface area (Å²) in [6.45, 7) is 6.24. The lowest BCUT2D eigenvalue weighted by Crippen LogP contribution is -2.42. The van der Waals surface area contributed by atoms with Gasteiger partial charge in [-0.05, 0) is 63.3 Å². The van der Waals surface area contributed by atoms with Crippen LogP contribution in [0.1, 0.15) is 37.4 Å². The second kappa shape index (κ2) is 6.92. The second-order valence-electron chi connectivity index (χ2n) is 6.99. The summed E-state index contributed by atoms with van der Waals surface area (Å²) in [5.74, 6) is 1.68. The Kier molecular flexibility index (Phi) is 4.86. The molecule has 0 fully saturated rings. The molecule has 0 aromatic heterocycles. The molecule has 1 heterocycles. The van der Waals surface area contributed by atoms with E-state index in [2.05, 4.69) is 43.5 Å². The third kappa shape index (κ3) is 4.23. The van der Waals surface area contributed by atoms with Gasteiger partial charge in [-0.15, -0.1) is 0 Å². The van der Waals surface area contributed by atoms with Gasteiger partial charge < -0.3 is 20.1 Å². The number of fused-ring (bicyclic) bond motifs is 1. The molecule has 2 N–H and O–H groups in total. The van der Waals surface area contributed by atoms with Gasteiger partial charge in [0.25, 0.3) is 0 Å². The molecule has 1 atom stereocenters. The van der Waals surface area contributed by atoms with Gasteiger partial charge in [-0.1, -0.05) is 17.7 Å². The number of nitrogens with one attached hydrogen (secondary N) is 2. The molecule has 0 aliphatic carbocycles. The van der Waals surface area contributed by atoms with Gasteiger partial charge in [0.2, 0.25) is 0 Å². The third-order valence-electron chi connectivity index (χ3n) is 4.29. The Morgan fingerprint density at radius 2 is 1.92 bits per heavy atom. The highest BCUT2D eigenvalue weighted by Gasteiger charge is 2.34. The van der Waals surface area contributed by atoms with E-state index in [1.165, 1.54) is 5.56 Å². The molecule has 132 valence electrons. The zero-order chi connectivity index (χ0) is 18.0. The Morgan fingerprint density at radius 1 is 1.20 bits per heavy atom. The first-order valence-corrected chi connectivity index (χ1v) is 8.78. The number of hydrogen-bond acceptors (Lipinski definition) is 3. The fourth-order valence-electron chi connectivity index (χ4n) is 3.05. The van der Waals surface area contributed by atoms with Crippen molar-refractivity contribution in [3.8, 4) is 11.5 Å². The van der Waals surface area contributed by atoms with E-state index in [9.17, 15) is 0 Å². The fourth-order valence-corrected chi connectivity index (χ4v) is 3.31. The van der Waals surface area contributed by atoms with Crippen LogP contribution in [0.25, 0.3) is 0 Å². The highest BCUT2D eigenvalue weighted by Crippen LogP contribution is 2.41. The van der Waals surface area contributed by atoms with Gasteiger partial charge in [0.05, 0.1) is 13.2 Å². The maximum absolute atomic E-state index is 6.10. The van der Waals surface area contributed by atoms with Crippen LogP contribution >= 0.6 is 12.2 Å². The Balaban J connectivity index is 1.79. The zero-order valence-corrected chi connectivity index (χ0v) is 15.9. The van der Waals surface area contributed by atoms with Crippen LogP contribution in [-0.4, -0.2) is 17.8 Å². The Morgan fingerprint density at radius 3 is 2.60 bits per heavy atom. The van der Waals surface area contributed by atoms with Crippen molar-refractivity contribution in [2.24, 2.45) is 0 Å². The lowest BCUT2D eigenvalue weighted by molar-refractivity contribution is 0.0695. The topological polar surface area (TPSA) is 42.5 Å². The number of rotatable bonds is 3. The molecule has 0 amide bonds. The molecule has 25 heavy (non-hydrogen) atoms. The van der Waals surface area contributed by atoms with Crippen molar-refractivity contribution in [3.05, 3.63) is 53.6 Å². The van der Waals surface area contributed by atoms with E-state index in [0.717, 1.165) is 29.2 Å². The van der Waals surface area contributed by atoms with Gasteiger partial charge in [-0.2, -0.15) is 0 Å². The minimum Gasteiger partial charge on any atom is -0.497 e. The number of benzene rings is 2. The summed E-state index contributed by atoms with van der Waals surface area (Å²) in [4.78, 5) is 0. The van der Waals surface area contributed by atoms with Crippen LogP contribution in [0.15, 0.2) is 42.5 Å². The zero-order valence-electron chi connectivity index (χ0n) is 15.1. The maximum atomic E-state index is 6.10. The highest BCUT2D eigenvalue weighted by atomic mass is 32.1. The average molecular weight is 356 g/mol. The quantitative estimate of drug-likeness (QED) is 0.787. The van der Waals surface area contributed by atoms with Crippen molar-refractivity contribution >= 4 is 23.0 Å². The van der Waals surface area contributed by atoms with Crippen molar-refractivity contribution in [1.82, 2.24) is 5.32 Å². The number of ether oxygens (including phenoxy) is 2. The van der Waals surface area contributed by atoms with Gasteiger partial charge in [-0.25, -0.2) is 0 Å². The molecule has 0 unspecified atom stereocenters. The molecule has 0 bridgehead atoms. The molecule has 0 saturated carbocycles. The lowest BCUT2D eigenvalue weighted by Gasteiger charge is -2.38. The number of thiocarbonyl (C=S) groups is 1. The summed E-state index contributed by atoms with van der Waals surface area (Å²) >= 11 is 5.52. The van der Waals surface area contributed by atoms with Crippen LogP contribution in [-0.2, 0) is 0 Å². The van der Waals surface area contributed by atoms with E-state index in [1.54, 1.807) is 7.11 Å². The first-order chi connectivity index (χ1) is 11.9. The van der Waals surface area contributed by atoms with Crippen LogP contribution in [0.4, 0.5) is 5.69 Å². The summed E-state index contributed by atoms with van der Waals surface area (Å²) in [7, 11) is 1.67. The standard InChI is InChI=1S/C20H24N2O2S/c1-13-5-7-14(8-6-13)21-19(25)22-17-12-20(2,3)24-18-10-9-15(23-4)11-16(17)18/h5-11,17H,12H2,1-4H3,(H2,21,22,25)/t17-/m0/s1. The predicted octanol–water partition coefficient (Wildman–Crippen LogP) is 4.59. The van der Waals surface area contributed by atoms with E-state index in [-0.39, 0.29) is 11.6 Å². The molecule has 1 aliphatic rings. The van der Waals surface area contributed by atoms with E-state index < -0.39 is 0 Å². The maximum Gasteiger partial charge on any atom is 0.171 e. The Hall–Kier alpha value is -2.27. The molecule has 0 saturated heterocycles. The third-order valence-corrected chi connectivity index (χ3v) is 4.51. The average Bonchev–Trinajstić information content (AvgIpc) is 2.55. The molecule has 1 aliphatic heterocycles. The summed E-state index contributed by atoms with van der Waals surface area (Å²) in [6, 6.07) is 14.1. The minimum absolute atomic E-state index is 0.0549. The molecular formula is C20H24N2O2S. The predicted molar refractivity (Wildman–Crippen MR) is 106 cm³/mol. The van der Waals surface area contributed by atoms with Crippen molar-refractivity contribution in [1.29, 1.82) is 0 Å². The SMILES string of the molecule is COc1ccc2c(c1)[C@@H](NC(=S)Nc1ccc(C)cc1)CC(C)(C)O2. The van der Waals surface area contributed by atoms with Crippen molar-refractivity contribution in [3.63, 3.8) is 0 Å². The molecule has 0 spiro atoms. The molecule has 2 aromatic carbocycles. The first-order valence-electron chi connectivity index (χ1n) is 8.37. The Bertz CT molecular complexity index is 772. The Labute approximate surface area is 154 Å². The summed E-state index contributed by atoms with van der Waals surface area (Å²) in [5, 5.41) is 7.28. The monoisotopic (exact) mass is 356 g/mol. The van der Waals surface area contributed by atoms with Crippen LogP contribution in [0.5, 0.6) is 11.5 Å². The van der Waals surface area contributed by atoms with Gasteiger partial charge in [0.15, 0.2) is 5.11 Å². The molecular weight excluding hydrogens is 332 g/mol. The first kappa shape index (κ1) is 17.5. The normalized spacial score (nSPS) is 17.8. The van der Waals surface area contributed by atoms with Crippen LogP contribution < -0.4 is 20.1 Å². The van der Waals surface area contributed by atoms with Crippen molar-refractivity contribution < 1.29 is 9.47 Å². The minimum atomic E-state index is -0.265. The van der Waals surface area contributed by atoms with Gasteiger partial charge in [0.1, 0.15) is 17.1 Å². The number of anilines is 1. The number of hydrogen-bond donors (Lipinski definition) is 2. The molecule has 4 nitrogen and oxygen atoms in total. The van der Waals surface area contributed by atoms with Gasteiger partial charge >= 0.3 is 0 Å². The molecule has 0 radical (unpaired) electrons. The lowest BCUT2D eigenvalue weighted by atomic mass is 9.89. The largest absolute Gasteiger partial charge is 0.497 e. The fraction of sp³-hybridized carbons (Fsp3) is 0.350. The molecule has 3 rings (SSSR count). The second-order valence-corrected chi connectivity index (χ2v) is 7.39. The molecule has 5 heteroatoms. The van der Waals surface area contributed by atoms with E-state index in [4.69, 9.17) is 21.7 Å². The number of aryl methyl sites for hydroxylation is 1. The van der Waals surface area contributed by atoms with Crippen molar-refractivity contribution in [2.75, 3.05) is 12.4 Å². The van der Waals surface area contributed by atoms with E-state index >= 15 is 0 Å². The van der Waals surface area contributed by atoms with Crippen LogP contribution in [0.2, 0.25) is 0 Å². The highest BCUT2D eigenvalue weighted by molar-refractivity contribution is 7.80.